The third kappa shape index (κ3) is 8.47. The Balaban J connectivity index is 2.31. The molecule has 0 heterocycles. The molecular formula is C30H46N2O2. The molecule has 2 aromatic carbocycles. The van der Waals surface area contributed by atoms with Gasteiger partial charge in [-0.05, 0) is 81.5 Å². The summed E-state index contributed by atoms with van der Waals surface area (Å²) in [5, 5.41) is 3.26. The summed E-state index contributed by atoms with van der Waals surface area (Å²) in [5.74, 6) is 1.87. The van der Waals surface area contributed by atoms with E-state index in [2.05, 4.69) is 45.1 Å². The third-order valence-electron chi connectivity index (χ3n) is 6.36. The van der Waals surface area contributed by atoms with E-state index in [1.54, 1.807) is 0 Å². The minimum atomic E-state index is -0.658. The minimum Gasteiger partial charge on any atom is -0.489 e. The van der Waals surface area contributed by atoms with Crippen LogP contribution in [0.3, 0.4) is 0 Å². The second kappa shape index (κ2) is 12.4. The number of carbonyl (C=O) groups is 1. The highest BCUT2D eigenvalue weighted by molar-refractivity contribution is 5.84. The minimum absolute atomic E-state index is 0.0678. The summed E-state index contributed by atoms with van der Waals surface area (Å²) < 4.78 is 5.96. The Morgan fingerprint density at radius 3 is 1.88 bits per heavy atom. The summed E-state index contributed by atoms with van der Waals surface area (Å²) in [4.78, 5) is 13.8. The van der Waals surface area contributed by atoms with Crippen molar-refractivity contribution in [3.05, 3.63) is 65.7 Å². The molecule has 34 heavy (non-hydrogen) atoms. The van der Waals surface area contributed by atoms with Crippen LogP contribution in [0, 0.1) is 17.3 Å². The van der Waals surface area contributed by atoms with Gasteiger partial charge in [0.25, 0.3) is 0 Å². The zero-order valence-electron chi connectivity index (χ0n) is 22.4. The first kappa shape index (κ1) is 27.9. The van der Waals surface area contributed by atoms with E-state index in [-0.39, 0.29) is 11.4 Å². The smallest absolute Gasteiger partial charge is 0.228 e. The van der Waals surface area contributed by atoms with E-state index in [9.17, 15) is 4.79 Å². The van der Waals surface area contributed by atoms with Crippen LogP contribution >= 0.6 is 0 Å². The van der Waals surface area contributed by atoms with Crippen LogP contribution in [0.2, 0.25) is 0 Å². The fourth-order valence-electron chi connectivity index (χ4n) is 4.19. The molecule has 4 nitrogen and oxygen atoms in total. The van der Waals surface area contributed by atoms with E-state index in [1.165, 1.54) is 0 Å². The van der Waals surface area contributed by atoms with Crippen molar-refractivity contribution in [2.75, 3.05) is 0 Å². The molecule has 188 valence electrons. The third-order valence-corrected chi connectivity index (χ3v) is 6.36. The summed E-state index contributed by atoms with van der Waals surface area (Å²) in [6, 6.07) is 17.7. The van der Waals surface area contributed by atoms with E-state index >= 15 is 0 Å². The van der Waals surface area contributed by atoms with Crippen molar-refractivity contribution >= 4 is 5.91 Å². The van der Waals surface area contributed by atoms with Crippen molar-refractivity contribution in [3.63, 3.8) is 0 Å². The number of carbonyl (C=O) groups excluding carboxylic acids is 1. The van der Waals surface area contributed by atoms with Gasteiger partial charge >= 0.3 is 0 Å². The first-order chi connectivity index (χ1) is 15.9. The van der Waals surface area contributed by atoms with Crippen molar-refractivity contribution in [1.29, 1.82) is 0 Å². The standard InChI is InChI=1S/C30H46N2O2/c1-22(2)17-19-30(20-18-23(3)4,28(33)32-29(5,6)7)27(31)25-13-15-26(16-14-25)34-21-24-11-9-8-10-12-24/h8-16,22-23,27H,17-21,31H2,1-7H3,(H,32,33). The van der Waals surface area contributed by atoms with Gasteiger partial charge in [-0.2, -0.15) is 0 Å². The lowest BCUT2D eigenvalue weighted by molar-refractivity contribution is -0.135. The predicted molar refractivity (Wildman–Crippen MR) is 143 cm³/mol. The molecule has 0 saturated heterocycles. The number of benzene rings is 2. The quantitative estimate of drug-likeness (QED) is 0.352. The molecule has 0 aliphatic rings. The van der Waals surface area contributed by atoms with E-state index in [1.807, 2.05) is 63.2 Å². The average Bonchev–Trinajstić information content (AvgIpc) is 2.77. The summed E-state index contributed by atoms with van der Waals surface area (Å²) in [5.41, 5.74) is 8.11. The number of hydrogen-bond donors (Lipinski definition) is 2. The Morgan fingerprint density at radius 1 is 0.882 bits per heavy atom. The first-order valence-electron chi connectivity index (χ1n) is 12.8. The van der Waals surface area contributed by atoms with Crippen LogP contribution in [0.4, 0.5) is 0 Å². The van der Waals surface area contributed by atoms with Gasteiger partial charge in [0.05, 0.1) is 5.41 Å². The highest BCUT2D eigenvalue weighted by Gasteiger charge is 2.45. The average molecular weight is 467 g/mol. The van der Waals surface area contributed by atoms with E-state index < -0.39 is 11.5 Å². The lowest BCUT2D eigenvalue weighted by Crippen LogP contribution is -2.53. The highest BCUT2D eigenvalue weighted by atomic mass is 16.5. The lowest BCUT2D eigenvalue weighted by atomic mass is 9.68. The van der Waals surface area contributed by atoms with Crippen LogP contribution in [-0.2, 0) is 11.4 Å². The summed E-state index contributed by atoms with van der Waals surface area (Å²) in [6.45, 7) is 15.4. The topological polar surface area (TPSA) is 64.4 Å². The molecule has 1 amide bonds. The molecular weight excluding hydrogens is 420 g/mol. The Labute approximate surface area is 207 Å². The molecule has 3 N–H and O–H groups in total. The number of rotatable bonds is 12. The van der Waals surface area contributed by atoms with Gasteiger partial charge in [0.1, 0.15) is 12.4 Å². The Kier molecular flexibility index (Phi) is 10.2. The van der Waals surface area contributed by atoms with E-state index in [4.69, 9.17) is 10.5 Å². The van der Waals surface area contributed by atoms with Crippen LogP contribution in [0.25, 0.3) is 0 Å². The van der Waals surface area contributed by atoms with Gasteiger partial charge in [0, 0.05) is 11.6 Å². The molecule has 0 saturated carbocycles. The molecule has 2 aromatic rings. The highest BCUT2D eigenvalue weighted by Crippen LogP contribution is 2.43. The molecule has 0 bridgehead atoms. The van der Waals surface area contributed by atoms with E-state index in [0.29, 0.717) is 18.4 Å². The zero-order valence-corrected chi connectivity index (χ0v) is 22.4. The maximum atomic E-state index is 13.8. The van der Waals surface area contributed by atoms with Crippen LogP contribution in [0.5, 0.6) is 5.75 Å². The normalized spacial score (nSPS) is 13.2. The molecule has 0 fully saturated rings. The van der Waals surface area contributed by atoms with Gasteiger partial charge in [-0.15, -0.1) is 0 Å². The Morgan fingerprint density at radius 2 is 1.41 bits per heavy atom. The summed E-state index contributed by atoms with van der Waals surface area (Å²) >= 11 is 0. The van der Waals surface area contributed by atoms with Gasteiger partial charge in [0.15, 0.2) is 0 Å². The number of amides is 1. The zero-order chi connectivity index (χ0) is 25.4. The van der Waals surface area contributed by atoms with Crippen LogP contribution in [-0.4, -0.2) is 11.4 Å². The predicted octanol–water partition coefficient (Wildman–Crippen LogP) is 7.04. The van der Waals surface area contributed by atoms with E-state index in [0.717, 1.165) is 42.6 Å². The molecule has 0 aliphatic heterocycles. The Bertz CT molecular complexity index is 855. The largest absolute Gasteiger partial charge is 0.489 e. The molecule has 0 spiro atoms. The molecule has 1 atom stereocenters. The molecule has 0 aromatic heterocycles. The fraction of sp³-hybridized carbons (Fsp3) is 0.567. The number of ether oxygens (including phenoxy) is 1. The Hall–Kier alpha value is -2.33. The SMILES string of the molecule is CC(C)CCC(CCC(C)C)(C(=O)NC(C)(C)C)C(N)c1ccc(OCc2ccccc2)cc1. The molecule has 4 heteroatoms. The van der Waals surface area contributed by atoms with Gasteiger partial charge in [-0.3, -0.25) is 4.79 Å². The summed E-state index contributed by atoms with van der Waals surface area (Å²) in [6.07, 6.45) is 3.46. The van der Waals surface area contributed by atoms with Gasteiger partial charge in [-0.1, -0.05) is 70.2 Å². The van der Waals surface area contributed by atoms with Crippen molar-refractivity contribution in [2.45, 2.75) is 92.3 Å². The fourth-order valence-corrected chi connectivity index (χ4v) is 4.19. The maximum absolute atomic E-state index is 13.8. The molecule has 0 aliphatic carbocycles. The maximum Gasteiger partial charge on any atom is 0.228 e. The summed E-state index contributed by atoms with van der Waals surface area (Å²) in [7, 11) is 0. The van der Waals surface area contributed by atoms with Crippen molar-refractivity contribution in [1.82, 2.24) is 5.32 Å². The van der Waals surface area contributed by atoms with Crippen LogP contribution in [0.15, 0.2) is 54.6 Å². The molecule has 2 rings (SSSR count). The van der Waals surface area contributed by atoms with Crippen molar-refractivity contribution in [3.8, 4) is 5.75 Å². The van der Waals surface area contributed by atoms with Crippen molar-refractivity contribution < 1.29 is 9.53 Å². The number of hydrogen-bond acceptors (Lipinski definition) is 3. The van der Waals surface area contributed by atoms with Gasteiger partial charge < -0.3 is 15.8 Å². The van der Waals surface area contributed by atoms with Crippen LogP contribution < -0.4 is 15.8 Å². The number of nitrogens with one attached hydrogen (secondary N) is 1. The lowest BCUT2D eigenvalue weighted by Gasteiger charge is -2.41. The molecule has 0 radical (unpaired) electrons. The second-order valence-electron chi connectivity index (χ2n) is 11.5. The number of nitrogens with two attached hydrogens (primary N) is 1. The molecule has 1 unspecified atom stereocenters. The van der Waals surface area contributed by atoms with Crippen molar-refractivity contribution in [2.24, 2.45) is 23.0 Å². The van der Waals surface area contributed by atoms with Gasteiger partial charge in [0.2, 0.25) is 5.91 Å². The monoisotopic (exact) mass is 466 g/mol. The van der Waals surface area contributed by atoms with Gasteiger partial charge in [-0.25, -0.2) is 0 Å². The second-order valence-corrected chi connectivity index (χ2v) is 11.5. The van der Waals surface area contributed by atoms with Crippen LogP contribution in [0.1, 0.15) is 91.3 Å². The first-order valence-corrected chi connectivity index (χ1v) is 12.8.